The molecule has 1 saturated heterocycles. The number of methoxy groups -OCH3 is 1. The van der Waals surface area contributed by atoms with E-state index in [0.717, 1.165) is 48.3 Å². The van der Waals surface area contributed by atoms with Crippen molar-refractivity contribution in [3.63, 3.8) is 0 Å². The van der Waals surface area contributed by atoms with Gasteiger partial charge in [-0.15, -0.1) is 0 Å². The first-order valence-corrected chi connectivity index (χ1v) is 10.00. The topological polar surface area (TPSA) is 87.7 Å². The summed E-state index contributed by atoms with van der Waals surface area (Å²) in [5, 5.41) is 5.68. The van der Waals surface area contributed by atoms with Crippen LogP contribution in [-0.2, 0) is 16.0 Å². The smallest absolute Gasteiger partial charge is 0.325 e. The van der Waals surface area contributed by atoms with Gasteiger partial charge in [0.15, 0.2) is 0 Å². The first-order valence-electron chi connectivity index (χ1n) is 10.00. The lowest BCUT2D eigenvalue weighted by Gasteiger charge is -2.36. The molecule has 1 saturated carbocycles. The summed E-state index contributed by atoms with van der Waals surface area (Å²) >= 11 is 0. The number of carbonyl (C=O) groups excluding carboxylic acids is 3. The van der Waals surface area contributed by atoms with E-state index in [9.17, 15) is 14.4 Å². The summed E-state index contributed by atoms with van der Waals surface area (Å²) in [4.78, 5) is 38.5. The molecule has 152 valence electrons. The highest BCUT2D eigenvalue weighted by Crippen LogP contribution is 2.38. The minimum Gasteiger partial charge on any atom is -0.497 e. The molecule has 1 spiro atoms. The third-order valence-electron chi connectivity index (χ3n) is 5.93. The predicted molar refractivity (Wildman–Crippen MR) is 105 cm³/mol. The lowest BCUT2D eigenvalue weighted by atomic mass is 9.73. The fourth-order valence-electron chi connectivity index (χ4n) is 4.15. The number of aryl methyl sites for hydroxylation is 1. The minimum atomic E-state index is -0.815. The number of hydrogen-bond acceptors (Lipinski definition) is 4. The van der Waals surface area contributed by atoms with Gasteiger partial charge < -0.3 is 15.4 Å². The first-order chi connectivity index (χ1) is 13.5. The second-order valence-corrected chi connectivity index (χ2v) is 7.74. The molecule has 7 nitrogen and oxygen atoms in total. The van der Waals surface area contributed by atoms with E-state index in [2.05, 4.69) is 10.6 Å². The highest BCUT2D eigenvalue weighted by molar-refractivity contribution is 6.09. The average molecular weight is 387 g/mol. The van der Waals surface area contributed by atoms with E-state index in [1.54, 1.807) is 7.11 Å². The zero-order valence-corrected chi connectivity index (χ0v) is 16.6. The molecule has 1 aliphatic carbocycles. The molecule has 2 N–H and O–H groups in total. The van der Waals surface area contributed by atoms with Crippen LogP contribution in [-0.4, -0.2) is 48.5 Å². The number of ether oxygens (including phenoxy) is 1. The van der Waals surface area contributed by atoms with Crippen LogP contribution < -0.4 is 15.4 Å². The Labute approximate surface area is 165 Å². The Morgan fingerprint density at radius 3 is 2.71 bits per heavy atom. The van der Waals surface area contributed by atoms with E-state index >= 15 is 0 Å². The van der Waals surface area contributed by atoms with Crippen LogP contribution in [0.2, 0.25) is 0 Å². The minimum absolute atomic E-state index is 0.0928. The Morgan fingerprint density at radius 1 is 1.29 bits per heavy atom. The molecule has 28 heavy (non-hydrogen) atoms. The van der Waals surface area contributed by atoms with Crippen LogP contribution >= 0.6 is 0 Å². The van der Waals surface area contributed by atoms with Gasteiger partial charge in [0.25, 0.3) is 5.91 Å². The van der Waals surface area contributed by atoms with Crippen molar-refractivity contribution < 1.29 is 19.1 Å². The Hall–Kier alpha value is -2.57. The van der Waals surface area contributed by atoms with Gasteiger partial charge in [0.1, 0.15) is 17.8 Å². The lowest BCUT2D eigenvalue weighted by molar-refractivity contribution is -0.137. The second kappa shape index (κ2) is 8.63. The quantitative estimate of drug-likeness (QED) is 0.555. The Kier molecular flexibility index (Phi) is 6.21. The van der Waals surface area contributed by atoms with Gasteiger partial charge >= 0.3 is 6.03 Å². The van der Waals surface area contributed by atoms with E-state index in [1.165, 1.54) is 0 Å². The Balaban J connectivity index is 1.45. The zero-order chi connectivity index (χ0) is 20.1. The number of carbonyl (C=O) groups is 3. The van der Waals surface area contributed by atoms with Crippen LogP contribution in [0, 0.1) is 5.92 Å². The number of benzene rings is 1. The third kappa shape index (κ3) is 4.13. The second-order valence-electron chi connectivity index (χ2n) is 7.74. The SMILES string of the molecule is COc1ccc(CCCNC(=O)CN2C(=O)N[C@@]3(CCCC[C@H]3C)C2=O)cc1. The molecule has 0 bridgehead atoms. The van der Waals surface area contributed by atoms with Gasteiger partial charge in [-0.05, 0) is 49.3 Å². The number of urea groups is 1. The fraction of sp³-hybridized carbons (Fsp3) is 0.571. The number of nitrogens with zero attached hydrogens (tertiary/aromatic N) is 1. The summed E-state index contributed by atoms with van der Waals surface area (Å²) in [7, 11) is 1.63. The number of imide groups is 1. The molecule has 2 atom stereocenters. The first kappa shape index (κ1) is 20.2. The van der Waals surface area contributed by atoms with Gasteiger partial charge in [-0.25, -0.2) is 4.79 Å². The standard InChI is InChI=1S/C21H29N3O4/c1-15-6-3-4-12-21(15)19(26)24(20(27)23-21)14-18(25)22-13-5-7-16-8-10-17(28-2)11-9-16/h8-11,15H,3-7,12-14H2,1-2H3,(H,22,25)(H,23,27)/t15-,21-/m1/s1. The normalized spacial score (nSPS) is 24.4. The van der Waals surface area contributed by atoms with Gasteiger partial charge in [0, 0.05) is 6.54 Å². The van der Waals surface area contributed by atoms with Crippen molar-refractivity contribution in [2.75, 3.05) is 20.2 Å². The summed E-state index contributed by atoms with van der Waals surface area (Å²) < 4.78 is 5.13. The summed E-state index contributed by atoms with van der Waals surface area (Å²) in [5.41, 5.74) is 0.349. The van der Waals surface area contributed by atoms with E-state index in [4.69, 9.17) is 4.74 Å². The van der Waals surface area contributed by atoms with Crippen molar-refractivity contribution in [2.24, 2.45) is 5.92 Å². The van der Waals surface area contributed by atoms with Gasteiger partial charge in [0.05, 0.1) is 7.11 Å². The van der Waals surface area contributed by atoms with Crippen molar-refractivity contribution in [3.05, 3.63) is 29.8 Å². The summed E-state index contributed by atoms with van der Waals surface area (Å²) in [6.45, 7) is 2.28. The maximum absolute atomic E-state index is 12.9. The molecule has 1 aromatic rings. The molecule has 1 aromatic carbocycles. The molecule has 1 heterocycles. The van der Waals surface area contributed by atoms with Gasteiger partial charge in [-0.2, -0.15) is 0 Å². The molecule has 0 radical (unpaired) electrons. The third-order valence-corrected chi connectivity index (χ3v) is 5.93. The van der Waals surface area contributed by atoms with E-state index in [1.807, 2.05) is 31.2 Å². The van der Waals surface area contributed by atoms with Crippen LogP contribution in [0.15, 0.2) is 24.3 Å². The monoisotopic (exact) mass is 387 g/mol. The molecule has 3 rings (SSSR count). The molecule has 7 heteroatoms. The molecule has 4 amide bonds. The van der Waals surface area contributed by atoms with E-state index in [-0.39, 0.29) is 24.3 Å². The number of amides is 4. The van der Waals surface area contributed by atoms with Crippen LogP contribution in [0.3, 0.4) is 0 Å². The van der Waals surface area contributed by atoms with Gasteiger partial charge in [-0.3, -0.25) is 14.5 Å². The molecular weight excluding hydrogens is 358 g/mol. The van der Waals surface area contributed by atoms with Crippen molar-refractivity contribution in [1.29, 1.82) is 0 Å². The number of nitrogens with one attached hydrogen (secondary N) is 2. The predicted octanol–water partition coefficient (Wildman–Crippen LogP) is 2.24. The van der Waals surface area contributed by atoms with Crippen LogP contribution in [0.5, 0.6) is 5.75 Å². The van der Waals surface area contributed by atoms with Crippen molar-refractivity contribution in [1.82, 2.24) is 15.5 Å². The maximum Gasteiger partial charge on any atom is 0.325 e. The number of hydrogen-bond donors (Lipinski definition) is 2. The van der Waals surface area contributed by atoms with E-state index < -0.39 is 11.6 Å². The highest BCUT2D eigenvalue weighted by Gasteiger charge is 2.55. The Morgan fingerprint density at radius 2 is 2.04 bits per heavy atom. The highest BCUT2D eigenvalue weighted by atomic mass is 16.5. The van der Waals surface area contributed by atoms with E-state index in [0.29, 0.717) is 13.0 Å². The van der Waals surface area contributed by atoms with Crippen molar-refractivity contribution >= 4 is 17.8 Å². The average Bonchev–Trinajstić information content (AvgIpc) is 2.93. The van der Waals surface area contributed by atoms with Crippen molar-refractivity contribution in [2.45, 2.75) is 51.0 Å². The molecule has 2 aliphatic rings. The lowest BCUT2D eigenvalue weighted by Crippen LogP contribution is -2.54. The van der Waals surface area contributed by atoms with Crippen LogP contribution in [0.25, 0.3) is 0 Å². The molecular formula is C21H29N3O4. The van der Waals surface area contributed by atoms with Crippen molar-refractivity contribution in [3.8, 4) is 5.75 Å². The number of rotatable bonds is 7. The van der Waals surface area contributed by atoms with Gasteiger partial charge in [0.2, 0.25) is 5.91 Å². The molecule has 0 aromatic heterocycles. The molecule has 2 fully saturated rings. The van der Waals surface area contributed by atoms with Gasteiger partial charge in [-0.1, -0.05) is 31.9 Å². The summed E-state index contributed by atoms with van der Waals surface area (Å²) in [6, 6.07) is 7.37. The molecule has 1 aliphatic heterocycles. The van der Waals surface area contributed by atoms with Crippen LogP contribution in [0.1, 0.15) is 44.6 Å². The van der Waals surface area contributed by atoms with Crippen LogP contribution in [0.4, 0.5) is 4.79 Å². The summed E-state index contributed by atoms with van der Waals surface area (Å²) in [6.07, 6.45) is 5.16. The fourth-order valence-corrected chi connectivity index (χ4v) is 4.15. The zero-order valence-electron chi connectivity index (χ0n) is 16.6. The largest absolute Gasteiger partial charge is 0.497 e. The molecule has 0 unspecified atom stereocenters. The maximum atomic E-state index is 12.9. The Bertz CT molecular complexity index is 734. The summed E-state index contributed by atoms with van der Waals surface area (Å²) in [5.74, 6) is 0.350.